The van der Waals surface area contributed by atoms with Gasteiger partial charge in [0.25, 0.3) is 0 Å². The Kier molecular flexibility index (Phi) is 23900. The largest absolute Gasteiger partial charge is 3.00 e. The van der Waals surface area contributed by atoms with Crippen molar-refractivity contribution < 1.29 is 122 Å². The van der Waals surface area contributed by atoms with Gasteiger partial charge in [-0.1, -0.05) is 0 Å². The minimum Gasteiger partial charge on any atom is -0.870 e. The summed E-state index contributed by atoms with van der Waals surface area (Å²) in [7, 11) is 0. The maximum atomic E-state index is 7.25. The van der Waals surface area contributed by atoms with E-state index in [-0.39, 0.29) is 90.2 Å². The summed E-state index contributed by atoms with van der Waals surface area (Å²) < 4.78 is 0. The van der Waals surface area contributed by atoms with Gasteiger partial charge < -0.3 is 32.4 Å². The first kappa shape index (κ1) is 164. The van der Waals surface area contributed by atoms with E-state index in [1.165, 1.54) is 0 Å². The van der Waals surface area contributed by atoms with Crippen molar-refractivity contribution in [3.63, 3.8) is 0 Å². The van der Waals surface area contributed by atoms with Crippen molar-refractivity contribution in [1.82, 2.24) is 0 Å². The van der Waals surface area contributed by atoms with Crippen molar-refractivity contribution in [2.45, 2.75) is 0 Å². The van der Waals surface area contributed by atoms with Crippen LogP contribution in [-0.2, 0) is 68.3 Å². The van der Waals surface area contributed by atoms with Crippen LogP contribution in [0.15, 0.2) is 0 Å². The van der Waals surface area contributed by atoms with E-state index in [0.29, 0.717) is 0 Å². The minimum atomic E-state index is 0. The van der Waals surface area contributed by atoms with Gasteiger partial charge in [0, 0.05) is 9.93 Å². The fraction of sp³-hybridized carbons (Fsp3) is 0. The van der Waals surface area contributed by atoms with Gasteiger partial charge >= 0.3 is 68.3 Å². The fourth-order valence-corrected chi connectivity index (χ4v) is 0. The Morgan fingerprint density at radius 2 is 0.625 bits per heavy atom. The molecule has 0 atom stereocenters. The van der Waals surface area contributed by atoms with E-state index in [9.17, 15) is 0 Å². The van der Waals surface area contributed by atoms with Crippen LogP contribution < -0.4 is 5.26 Å². The first-order chi connectivity index (χ1) is 4.00. The number of hydrogen-bond donors (Lipinski definition) is 5. The quantitative estimate of drug-likeness (QED) is 0.148. The van der Waals surface area contributed by atoms with Crippen molar-refractivity contribution >= 4 is 0 Å². The van der Waals surface area contributed by atoms with Crippen LogP contribution in [0.3, 0.4) is 0 Å². The molecule has 11 N–H and O–H groups in total. The molecule has 0 saturated carbocycles. The zero-order chi connectivity index (χ0) is 8.00. The average Bonchev–Trinajstić information content (AvgIpc) is 2.03. The Labute approximate surface area is 131 Å². The molecule has 0 aromatic heterocycles. The van der Waals surface area contributed by atoms with Crippen molar-refractivity contribution in [3.8, 4) is 0 Å². The molecule has 16 heteroatoms. The molecule has 2 radical (unpaired) electrons. The fourth-order valence-electron chi connectivity index (χ4n) is 0. The van der Waals surface area contributed by atoms with E-state index in [2.05, 4.69) is 0 Å². The summed E-state index contributed by atoms with van der Waals surface area (Å²) in [5, 5.41) is 37.0. The van der Waals surface area contributed by atoms with Crippen molar-refractivity contribution in [2.75, 3.05) is 0 Å². The minimum absolute atomic E-state index is 0. The number of hydrogen-bond acceptors (Lipinski definition) is 10. The average molecular weight is 426 g/mol. The van der Waals surface area contributed by atoms with E-state index in [0.717, 1.165) is 0 Å². The Morgan fingerprint density at radius 1 is 0.625 bits per heavy atom. The summed E-state index contributed by atoms with van der Waals surface area (Å²) >= 11 is 0. The van der Waals surface area contributed by atoms with Gasteiger partial charge in [-0.2, -0.15) is 0 Å². The molecule has 0 fully saturated rings. The van der Waals surface area contributed by atoms with Crippen LogP contribution in [0.5, 0.6) is 0 Å². The molecule has 108 valence electrons. The van der Waals surface area contributed by atoms with E-state index in [1.54, 1.807) is 0 Å². The normalized spacial score (nSPS) is 1.38. The van der Waals surface area contributed by atoms with Crippen molar-refractivity contribution in [2.24, 2.45) is 0 Å². The zero-order valence-corrected chi connectivity index (χ0v) is 11.2. The van der Waals surface area contributed by atoms with Gasteiger partial charge in [-0.15, -0.1) is 0 Å². The van der Waals surface area contributed by atoms with E-state index in [4.69, 9.17) is 41.5 Å². The first-order valence-electron chi connectivity index (χ1n) is 0.749. The Balaban J connectivity index is -0.00000000114. The monoisotopic (exact) mass is 427 g/mol. The smallest absolute Gasteiger partial charge is 0.870 e. The predicted molar refractivity (Wildman–Crippen MR) is 31.0 cm³/mol. The van der Waals surface area contributed by atoms with Crippen molar-refractivity contribution in [1.29, 1.82) is 0 Å². The Hall–Kier alpha value is 1.28. The summed E-state index contributed by atoms with van der Waals surface area (Å²) in [6, 6.07) is 0. The Bertz CT molecular complexity index is 13.0. The van der Waals surface area contributed by atoms with E-state index in [1.807, 2.05) is 0 Å². The second kappa shape index (κ2) is 2330. The molecule has 0 aromatic rings. The van der Waals surface area contributed by atoms with Crippen molar-refractivity contribution in [3.05, 3.63) is 9.93 Å². The molecule has 0 unspecified atom stereocenters. The third-order valence-electron chi connectivity index (χ3n) is 0. The predicted octanol–water partition coefficient (Wildman–Crippen LogP) is -3.09. The molecule has 0 saturated heterocycles. The topological polar surface area (TPSA) is 281 Å². The van der Waals surface area contributed by atoms with Gasteiger partial charge in [0.2, 0.25) is 0 Å². The van der Waals surface area contributed by atoms with Crippen LogP contribution in [0.4, 0.5) is 0 Å². The van der Waals surface area contributed by atoms with Crippen LogP contribution in [0.2, 0.25) is 0 Å². The molecule has 0 aliphatic rings. The third-order valence-corrected chi connectivity index (χ3v) is 0. The van der Waals surface area contributed by atoms with Gasteiger partial charge in [0.05, 0.1) is 0 Å². The molecular formula is H11Fe4O12+7. The molecular weight excluding hydrogens is 415 g/mol. The maximum absolute atomic E-state index is 7.25. The molecule has 0 aliphatic carbocycles. The molecule has 0 rings (SSSR count). The maximum Gasteiger partial charge on any atom is 3.00 e. The molecule has 16 heavy (non-hydrogen) atoms. The summed E-state index contributed by atoms with van der Waals surface area (Å²) in [5.74, 6) is 0. The molecule has 0 bridgehead atoms. The van der Waals surface area contributed by atoms with Crippen LogP contribution in [0.1, 0.15) is 0 Å². The number of rotatable bonds is 0. The van der Waals surface area contributed by atoms with Crippen LogP contribution in [0, 0.1) is 9.93 Å². The Morgan fingerprint density at radius 3 is 0.625 bits per heavy atom. The summed E-state index contributed by atoms with van der Waals surface area (Å²) in [4.78, 5) is 14.0. The first-order valence-corrected chi connectivity index (χ1v) is 0.749. The zero-order valence-electron chi connectivity index (χ0n) is 6.77. The summed E-state index contributed by atoms with van der Waals surface area (Å²) in [5.41, 5.74) is 0. The standard InChI is InChI=1S/4Fe.3H2O2.O2.4H2O/c;;;;4*1-2;;;;/h;;;;3*1-2H;;4*1H2/q2*+2;2*+3;;;;;;;;/p-3. The van der Waals surface area contributed by atoms with Crippen LogP contribution >= 0.6 is 0 Å². The molecule has 0 heterocycles. The second-order valence-electron chi connectivity index (χ2n) is 0. The van der Waals surface area contributed by atoms with E-state index >= 15 is 0 Å². The molecule has 0 amide bonds. The van der Waals surface area contributed by atoms with E-state index < -0.39 is 0 Å². The molecule has 12 nitrogen and oxygen atoms in total. The molecule has 0 spiro atoms. The summed E-state index contributed by atoms with van der Waals surface area (Å²) in [6.07, 6.45) is 0. The summed E-state index contributed by atoms with van der Waals surface area (Å²) in [6.45, 7) is 0. The second-order valence-corrected chi connectivity index (χ2v) is 0. The third kappa shape index (κ3) is 1910. The van der Waals surface area contributed by atoms with Gasteiger partial charge in [0.1, 0.15) is 0 Å². The van der Waals surface area contributed by atoms with Gasteiger partial charge in [-0.3, -0.25) is 21.0 Å². The SMILES string of the molecule is O.O.O=O.OO.OO.[Fe+2].[Fe+2].[Fe+3].[Fe+3].[O-]O.[OH-].[OH-]. The van der Waals surface area contributed by atoms with Crippen LogP contribution in [-0.4, -0.2) is 48.2 Å². The van der Waals surface area contributed by atoms with Gasteiger partial charge in [-0.05, 0) is 0 Å². The van der Waals surface area contributed by atoms with Gasteiger partial charge in [0.15, 0.2) is 0 Å². The molecule has 0 aromatic carbocycles. The van der Waals surface area contributed by atoms with Gasteiger partial charge in [-0.25, -0.2) is 0 Å². The molecule has 0 aliphatic heterocycles. The van der Waals surface area contributed by atoms with Crippen LogP contribution in [0.25, 0.3) is 0 Å².